The SMILES string of the molecule is CC(=O)Nc1ccc(C(=O)NCCCN2CCC(C)CC2)cc1. The predicted octanol–water partition coefficient (Wildman–Crippen LogP) is 2.50. The standard InChI is InChI=1S/C18H27N3O2/c1-14-8-12-21(13-9-14)11-3-10-19-18(23)16-4-6-17(7-5-16)20-15(2)22/h4-7,14H,3,8-13H2,1-2H3,(H,19,23)(H,20,22). The highest BCUT2D eigenvalue weighted by molar-refractivity contribution is 5.95. The lowest BCUT2D eigenvalue weighted by molar-refractivity contribution is -0.114. The van der Waals surface area contributed by atoms with Gasteiger partial charge in [0.05, 0.1) is 0 Å². The lowest BCUT2D eigenvalue weighted by Gasteiger charge is -2.30. The first-order valence-corrected chi connectivity index (χ1v) is 8.43. The summed E-state index contributed by atoms with van der Waals surface area (Å²) in [6.45, 7) is 7.88. The second kappa shape index (κ2) is 8.67. The minimum absolute atomic E-state index is 0.0633. The Bertz CT molecular complexity index is 520. The zero-order valence-electron chi connectivity index (χ0n) is 14.1. The number of nitrogens with one attached hydrogen (secondary N) is 2. The molecule has 0 aliphatic carbocycles. The van der Waals surface area contributed by atoms with Crippen LogP contribution in [0, 0.1) is 5.92 Å². The summed E-state index contributed by atoms with van der Waals surface area (Å²) in [5.74, 6) is 0.673. The average molecular weight is 317 g/mol. The van der Waals surface area contributed by atoms with Gasteiger partial charge in [0, 0.05) is 24.7 Å². The number of carbonyl (C=O) groups excluding carboxylic acids is 2. The number of amides is 2. The molecule has 1 aromatic rings. The number of hydrogen-bond acceptors (Lipinski definition) is 3. The van der Waals surface area contributed by atoms with E-state index in [4.69, 9.17) is 0 Å². The van der Waals surface area contributed by atoms with Gasteiger partial charge >= 0.3 is 0 Å². The van der Waals surface area contributed by atoms with Crippen LogP contribution in [0.2, 0.25) is 0 Å². The number of anilines is 1. The Balaban J connectivity index is 1.67. The van der Waals surface area contributed by atoms with Crippen molar-refractivity contribution >= 4 is 17.5 Å². The molecule has 1 aromatic carbocycles. The highest BCUT2D eigenvalue weighted by atomic mass is 16.2. The first kappa shape index (κ1) is 17.5. The van der Waals surface area contributed by atoms with Crippen molar-refractivity contribution in [2.75, 3.05) is 31.5 Å². The summed E-state index contributed by atoms with van der Waals surface area (Å²) in [6.07, 6.45) is 3.55. The van der Waals surface area contributed by atoms with Crippen molar-refractivity contribution < 1.29 is 9.59 Å². The Labute approximate surface area is 138 Å². The lowest BCUT2D eigenvalue weighted by Crippen LogP contribution is -2.35. The zero-order valence-corrected chi connectivity index (χ0v) is 14.1. The number of carbonyl (C=O) groups is 2. The van der Waals surface area contributed by atoms with Crippen LogP contribution >= 0.6 is 0 Å². The monoisotopic (exact) mass is 317 g/mol. The summed E-state index contributed by atoms with van der Waals surface area (Å²) < 4.78 is 0. The van der Waals surface area contributed by atoms with Gasteiger partial charge in [0.25, 0.3) is 5.91 Å². The van der Waals surface area contributed by atoms with E-state index in [-0.39, 0.29) is 11.8 Å². The van der Waals surface area contributed by atoms with E-state index in [0.717, 1.165) is 18.9 Å². The summed E-state index contributed by atoms with van der Waals surface area (Å²) in [5.41, 5.74) is 1.32. The van der Waals surface area contributed by atoms with E-state index in [0.29, 0.717) is 17.8 Å². The number of hydrogen-bond donors (Lipinski definition) is 2. The van der Waals surface area contributed by atoms with Gasteiger partial charge < -0.3 is 15.5 Å². The number of likely N-dealkylation sites (tertiary alicyclic amines) is 1. The van der Waals surface area contributed by atoms with Gasteiger partial charge in [-0.1, -0.05) is 6.92 Å². The molecule has 2 rings (SSSR count). The number of nitrogens with zero attached hydrogens (tertiary/aromatic N) is 1. The van der Waals surface area contributed by atoms with Crippen molar-refractivity contribution in [3.05, 3.63) is 29.8 Å². The largest absolute Gasteiger partial charge is 0.352 e. The molecule has 0 aromatic heterocycles. The van der Waals surface area contributed by atoms with Crippen LogP contribution in [0.4, 0.5) is 5.69 Å². The molecule has 0 unspecified atom stereocenters. The van der Waals surface area contributed by atoms with Crippen LogP contribution < -0.4 is 10.6 Å². The minimum Gasteiger partial charge on any atom is -0.352 e. The molecule has 126 valence electrons. The van der Waals surface area contributed by atoms with E-state index in [1.807, 2.05) is 0 Å². The molecule has 5 nitrogen and oxygen atoms in total. The molecular formula is C18H27N3O2. The van der Waals surface area contributed by atoms with Crippen LogP contribution in [0.25, 0.3) is 0 Å². The first-order chi connectivity index (χ1) is 11.0. The third-order valence-corrected chi connectivity index (χ3v) is 4.28. The summed E-state index contributed by atoms with van der Waals surface area (Å²) in [6, 6.07) is 6.94. The molecule has 1 heterocycles. The van der Waals surface area contributed by atoms with Gasteiger partial charge in [-0.05, 0) is 69.1 Å². The zero-order chi connectivity index (χ0) is 16.7. The molecule has 0 saturated carbocycles. The minimum atomic E-state index is -0.116. The lowest BCUT2D eigenvalue weighted by atomic mass is 9.99. The highest BCUT2D eigenvalue weighted by Crippen LogP contribution is 2.15. The van der Waals surface area contributed by atoms with Crippen molar-refractivity contribution in [3.8, 4) is 0 Å². The third kappa shape index (κ3) is 6.02. The van der Waals surface area contributed by atoms with Gasteiger partial charge in [-0.15, -0.1) is 0 Å². The van der Waals surface area contributed by atoms with Crippen LogP contribution in [-0.4, -0.2) is 42.9 Å². The van der Waals surface area contributed by atoms with Gasteiger partial charge in [-0.3, -0.25) is 9.59 Å². The van der Waals surface area contributed by atoms with Crippen molar-refractivity contribution in [1.82, 2.24) is 10.2 Å². The van der Waals surface area contributed by atoms with Crippen LogP contribution in [0.5, 0.6) is 0 Å². The Morgan fingerprint density at radius 1 is 1.17 bits per heavy atom. The average Bonchev–Trinajstić information content (AvgIpc) is 2.53. The van der Waals surface area contributed by atoms with Gasteiger partial charge in [0.2, 0.25) is 5.91 Å². The molecule has 0 spiro atoms. The molecule has 23 heavy (non-hydrogen) atoms. The quantitative estimate of drug-likeness (QED) is 0.793. The van der Waals surface area contributed by atoms with Crippen molar-refractivity contribution in [1.29, 1.82) is 0 Å². The molecule has 2 N–H and O–H groups in total. The molecule has 1 saturated heterocycles. The summed E-state index contributed by atoms with van der Waals surface area (Å²) >= 11 is 0. The van der Waals surface area contributed by atoms with E-state index in [9.17, 15) is 9.59 Å². The number of piperidine rings is 1. The van der Waals surface area contributed by atoms with Gasteiger partial charge in [-0.2, -0.15) is 0 Å². The van der Waals surface area contributed by atoms with E-state index >= 15 is 0 Å². The fraction of sp³-hybridized carbons (Fsp3) is 0.556. The topological polar surface area (TPSA) is 61.4 Å². The van der Waals surface area contributed by atoms with Crippen LogP contribution in [0.15, 0.2) is 24.3 Å². The number of benzene rings is 1. The molecule has 0 radical (unpaired) electrons. The van der Waals surface area contributed by atoms with E-state index < -0.39 is 0 Å². The van der Waals surface area contributed by atoms with Gasteiger partial charge in [0.1, 0.15) is 0 Å². The van der Waals surface area contributed by atoms with Crippen LogP contribution in [-0.2, 0) is 4.79 Å². The van der Waals surface area contributed by atoms with Gasteiger partial charge in [0.15, 0.2) is 0 Å². The fourth-order valence-corrected chi connectivity index (χ4v) is 2.80. The smallest absolute Gasteiger partial charge is 0.251 e. The highest BCUT2D eigenvalue weighted by Gasteiger charge is 2.14. The summed E-state index contributed by atoms with van der Waals surface area (Å²) in [4.78, 5) is 25.5. The van der Waals surface area contributed by atoms with Gasteiger partial charge in [-0.25, -0.2) is 0 Å². The van der Waals surface area contributed by atoms with Crippen molar-refractivity contribution in [2.45, 2.75) is 33.1 Å². The number of rotatable bonds is 6. The Hall–Kier alpha value is -1.88. The fourth-order valence-electron chi connectivity index (χ4n) is 2.80. The van der Waals surface area contributed by atoms with Crippen molar-refractivity contribution in [2.24, 2.45) is 5.92 Å². The predicted molar refractivity (Wildman–Crippen MR) is 92.5 cm³/mol. The maximum atomic E-state index is 12.1. The molecule has 2 amide bonds. The maximum absolute atomic E-state index is 12.1. The normalized spacial score (nSPS) is 16.1. The molecule has 1 aliphatic heterocycles. The second-order valence-corrected chi connectivity index (χ2v) is 6.39. The molecule has 5 heteroatoms. The Morgan fingerprint density at radius 2 is 1.83 bits per heavy atom. The third-order valence-electron chi connectivity index (χ3n) is 4.28. The summed E-state index contributed by atoms with van der Waals surface area (Å²) in [5, 5.41) is 5.64. The molecular weight excluding hydrogens is 290 g/mol. The summed E-state index contributed by atoms with van der Waals surface area (Å²) in [7, 11) is 0. The second-order valence-electron chi connectivity index (χ2n) is 6.39. The Morgan fingerprint density at radius 3 is 2.43 bits per heavy atom. The van der Waals surface area contributed by atoms with Crippen LogP contribution in [0.1, 0.15) is 43.5 Å². The van der Waals surface area contributed by atoms with E-state index in [2.05, 4.69) is 22.5 Å². The van der Waals surface area contributed by atoms with E-state index in [1.165, 1.54) is 32.9 Å². The van der Waals surface area contributed by atoms with Crippen molar-refractivity contribution in [3.63, 3.8) is 0 Å². The molecule has 1 aliphatic rings. The maximum Gasteiger partial charge on any atom is 0.251 e. The van der Waals surface area contributed by atoms with Crippen LogP contribution in [0.3, 0.4) is 0 Å². The molecule has 0 atom stereocenters. The molecule has 1 fully saturated rings. The van der Waals surface area contributed by atoms with E-state index in [1.54, 1.807) is 24.3 Å². The Kier molecular flexibility index (Phi) is 6.59. The molecule has 0 bridgehead atoms. The first-order valence-electron chi connectivity index (χ1n) is 8.43.